The number of fused-ring (bicyclic) bond motifs is 2. The molecule has 0 unspecified atom stereocenters. The van der Waals surface area contributed by atoms with Gasteiger partial charge in [-0.1, -0.05) is 67.8 Å². The largest absolute Gasteiger partial charge is 0.497 e. The average Bonchev–Trinajstić information content (AvgIpc) is 3.55. The first-order chi connectivity index (χ1) is 21.0. The summed E-state index contributed by atoms with van der Waals surface area (Å²) in [6.45, 7) is 1.43. The second kappa shape index (κ2) is 14.9. The molecule has 0 aromatic heterocycles. The van der Waals surface area contributed by atoms with Crippen LogP contribution in [-0.4, -0.2) is 39.1 Å². The van der Waals surface area contributed by atoms with Crippen molar-refractivity contribution in [1.82, 2.24) is 10.6 Å². The first kappa shape index (κ1) is 30.4. The van der Waals surface area contributed by atoms with Gasteiger partial charge in [0.15, 0.2) is 0 Å². The van der Waals surface area contributed by atoms with E-state index in [0.29, 0.717) is 13.1 Å². The van der Waals surface area contributed by atoms with Gasteiger partial charge in [0, 0.05) is 24.9 Å². The molecule has 2 aliphatic rings. The van der Waals surface area contributed by atoms with E-state index >= 15 is 0 Å². The number of hydrogen-bond donors (Lipinski definition) is 2. The van der Waals surface area contributed by atoms with Gasteiger partial charge in [0.05, 0.1) is 14.2 Å². The van der Waals surface area contributed by atoms with Crippen LogP contribution in [0.25, 0.3) is 21.5 Å². The lowest BCUT2D eigenvalue weighted by molar-refractivity contribution is -0.127. The van der Waals surface area contributed by atoms with E-state index in [4.69, 9.17) is 9.47 Å². The molecule has 6 heteroatoms. The van der Waals surface area contributed by atoms with Crippen LogP contribution in [0.3, 0.4) is 0 Å². The number of ether oxygens (including phenoxy) is 2. The predicted octanol–water partition coefficient (Wildman–Crippen LogP) is 7.00. The quantitative estimate of drug-likeness (QED) is 0.212. The molecule has 0 aliphatic heterocycles. The van der Waals surface area contributed by atoms with Crippen molar-refractivity contribution in [1.29, 1.82) is 0 Å². The van der Waals surface area contributed by atoms with Gasteiger partial charge in [-0.05, 0) is 95.5 Å². The summed E-state index contributed by atoms with van der Waals surface area (Å²) in [5.41, 5.74) is 2.48. The number of benzene rings is 4. The maximum absolute atomic E-state index is 12.0. The minimum absolute atomic E-state index is 0.226. The van der Waals surface area contributed by atoms with Gasteiger partial charge in [0.1, 0.15) is 11.5 Å². The Bertz CT molecular complexity index is 1540. The zero-order valence-electron chi connectivity index (χ0n) is 25.5. The smallest absolute Gasteiger partial charge is 0.223 e. The van der Waals surface area contributed by atoms with Gasteiger partial charge < -0.3 is 20.1 Å². The molecule has 0 radical (unpaired) electrons. The molecule has 4 aromatic carbocycles. The van der Waals surface area contributed by atoms with Crippen LogP contribution in [0, 0.1) is 11.8 Å². The lowest BCUT2D eigenvalue weighted by atomic mass is 9.85. The average molecular weight is 581 g/mol. The SMILES string of the molecule is COc1ccc2ccc(CCNC(=O)C3CCC3)cc2c1.COc1ccc2ccc(CCNC(=O)C3CCCC3)cc2c1. The number of carbonyl (C=O) groups is 2. The Morgan fingerprint density at radius 1 is 0.581 bits per heavy atom. The van der Waals surface area contributed by atoms with Crippen molar-refractivity contribution in [3.8, 4) is 11.5 Å². The van der Waals surface area contributed by atoms with Crippen LogP contribution >= 0.6 is 0 Å². The molecular formula is C37H44N2O4. The molecule has 0 heterocycles. The van der Waals surface area contributed by atoms with E-state index in [1.54, 1.807) is 14.2 Å². The monoisotopic (exact) mass is 580 g/mol. The van der Waals surface area contributed by atoms with Gasteiger partial charge in [0.2, 0.25) is 11.8 Å². The third-order valence-electron chi connectivity index (χ3n) is 8.85. The maximum atomic E-state index is 12.0. The van der Waals surface area contributed by atoms with Crippen molar-refractivity contribution in [3.63, 3.8) is 0 Å². The van der Waals surface area contributed by atoms with Crippen LogP contribution in [0.5, 0.6) is 11.5 Å². The van der Waals surface area contributed by atoms with Crippen molar-refractivity contribution >= 4 is 33.4 Å². The first-order valence-electron chi connectivity index (χ1n) is 15.7. The highest BCUT2D eigenvalue weighted by Gasteiger charge is 2.24. The van der Waals surface area contributed by atoms with E-state index < -0.39 is 0 Å². The second-order valence-corrected chi connectivity index (χ2v) is 11.8. The molecule has 2 N–H and O–H groups in total. The maximum Gasteiger partial charge on any atom is 0.223 e. The van der Waals surface area contributed by atoms with Crippen LogP contribution in [0.2, 0.25) is 0 Å². The molecule has 0 bridgehead atoms. The normalized spacial score (nSPS) is 14.9. The predicted molar refractivity (Wildman–Crippen MR) is 174 cm³/mol. The van der Waals surface area contributed by atoms with Crippen molar-refractivity contribution in [2.75, 3.05) is 27.3 Å². The molecule has 6 nitrogen and oxygen atoms in total. The Balaban J connectivity index is 0.000000171. The molecule has 2 aliphatic carbocycles. The fraction of sp³-hybridized carbons (Fsp3) is 0.405. The highest BCUT2D eigenvalue weighted by atomic mass is 16.5. The van der Waals surface area contributed by atoms with Crippen LogP contribution in [0.15, 0.2) is 72.8 Å². The third kappa shape index (κ3) is 8.28. The summed E-state index contributed by atoms with van der Waals surface area (Å²) in [6, 6.07) is 25.1. The van der Waals surface area contributed by atoms with Crippen molar-refractivity contribution in [3.05, 3.63) is 83.9 Å². The zero-order valence-corrected chi connectivity index (χ0v) is 25.5. The van der Waals surface area contributed by atoms with Crippen LogP contribution in [0.1, 0.15) is 56.1 Å². The molecule has 2 fully saturated rings. The van der Waals surface area contributed by atoms with Crippen molar-refractivity contribution in [2.24, 2.45) is 11.8 Å². The molecule has 0 spiro atoms. The Morgan fingerprint density at radius 3 is 1.40 bits per heavy atom. The molecule has 43 heavy (non-hydrogen) atoms. The summed E-state index contributed by atoms with van der Waals surface area (Å²) >= 11 is 0. The van der Waals surface area contributed by atoms with E-state index in [9.17, 15) is 9.59 Å². The minimum Gasteiger partial charge on any atom is -0.497 e. The summed E-state index contributed by atoms with van der Waals surface area (Å²) in [7, 11) is 3.37. The standard InChI is InChI=1S/C19H23NO2.C18H21NO2/c1-22-18-9-8-15-7-6-14(12-17(15)13-18)10-11-20-19(21)16-4-2-3-5-16;1-21-17-8-7-14-6-5-13(11-16(14)12-17)9-10-19-18(20)15-3-2-4-15/h6-9,12-13,16H,2-5,10-11H2,1H3,(H,20,21);5-8,11-12,15H,2-4,9-10H2,1H3,(H,19,20). The van der Waals surface area contributed by atoms with Crippen LogP contribution in [-0.2, 0) is 22.4 Å². The lowest BCUT2D eigenvalue weighted by Crippen LogP contribution is -2.35. The second-order valence-electron chi connectivity index (χ2n) is 11.8. The summed E-state index contributed by atoms with van der Waals surface area (Å²) in [5, 5.41) is 10.9. The van der Waals surface area contributed by atoms with Gasteiger partial charge in [-0.15, -0.1) is 0 Å². The number of methoxy groups -OCH3 is 2. The van der Waals surface area contributed by atoms with Gasteiger partial charge in [0.25, 0.3) is 0 Å². The molecule has 2 amide bonds. The number of nitrogens with one attached hydrogen (secondary N) is 2. The number of amides is 2. The zero-order chi connectivity index (χ0) is 30.0. The van der Waals surface area contributed by atoms with E-state index in [1.807, 2.05) is 18.2 Å². The van der Waals surface area contributed by atoms with Gasteiger partial charge in [-0.25, -0.2) is 0 Å². The van der Waals surface area contributed by atoms with E-state index in [0.717, 1.165) is 50.0 Å². The molecule has 6 rings (SSSR count). The molecule has 226 valence electrons. The molecule has 2 saturated carbocycles. The molecule has 4 aromatic rings. The highest BCUT2D eigenvalue weighted by Crippen LogP contribution is 2.27. The first-order valence-corrected chi connectivity index (χ1v) is 15.7. The summed E-state index contributed by atoms with van der Waals surface area (Å²) in [4.78, 5) is 23.8. The molecule has 0 atom stereocenters. The molecular weight excluding hydrogens is 536 g/mol. The molecule has 0 saturated heterocycles. The number of rotatable bonds is 10. The van der Waals surface area contributed by atoms with E-state index in [2.05, 4.69) is 65.2 Å². The minimum atomic E-state index is 0.226. The van der Waals surface area contributed by atoms with Gasteiger partial charge in [-0.2, -0.15) is 0 Å². The van der Waals surface area contributed by atoms with Gasteiger partial charge in [-0.3, -0.25) is 9.59 Å². The Hall–Kier alpha value is -4.06. The highest BCUT2D eigenvalue weighted by molar-refractivity contribution is 5.85. The van der Waals surface area contributed by atoms with Crippen LogP contribution in [0.4, 0.5) is 0 Å². The van der Waals surface area contributed by atoms with Gasteiger partial charge >= 0.3 is 0 Å². The fourth-order valence-corrected chi connectivity index (χ4v) is 5.92. The Labute approximate surface area is 255 Å². The fourth-order valence-electron chi connectivity index (χ4n) is 5.92. The third-order valence-corrected chi connectivity index (χ3v) is 8.85. The van der Waals surface area contributed by atoms with Crippen molar-refractivity contribution in [2.45, 2.75) is 57.8 Å². The Morgan fingerprint density at radius 2 is 1.00 bits per heavy atom. The van der Waals surface area contributed by atoms with Crippen LogP contribution < -0.4 is 20.1 Å². The van der Waals surface area contributed by atoms with Crippen molar-refractivity contribution < 1.29 is 19.1 Å². The number of carbonyl (C=O) groups excluding carboxylic acids is 2. The summed E-state index contributed by atoms with van der Waals surface area (Å²) in [6.07, 6.45) is 9.56. The van der Waals surface area contributed by atoms with E-state index in [-0.39, 0.29) is 23.7 Å². The van der Waals surface area contributed by atoms with E-state index in [1.165, 1.54) is 51.9 Å². The number of hydrogen-bond acceptors (Lipinski definition) is 4. The summed E-state index contributed by atoms with van der Waals surface area (Å²) < 4.78 is 10.5. The summed E-state index contributed by atoms with van der Waals surface area (Å²) in [5.74, 6) is 2.73. The topological polar surface area (TPSA) is 76.7 Å². The lowest BCUT2D eigenvalue weighted by Gasteiger charge is -2.24. The Kier molecular flexibility index (Phi) is 10.5.